The Bertz CT molecular complexity index is 1820. The Balaban J connectivity index is 1.37. The van der Waals surface area contributed by atoms with Gasteiger partial charge in [-0.15, -0.1) is 0 Å². The van der Waals surface area contributed by atoms with Gasteiger partial charge in [0.25, 0.3) is 5.91 Å². The van der Waals surface area contributed by atoms with Crippen molar-refractivity contribution >= 4 is 11.8 Å². The van der Waals surface area contributed by atoms with Crippen LogP contribution in [-0.4, -0.2) is 31.7 Å². The van der Waals surface area contributed by atoms with Crippen LogP contribution in [0.15, 0.2) is 54.7 Å². The highest BCUT2D eigenvalue weighted by molar-refractivity contribution is 5.94. The van der Waals surface area contributed by atoms with Crippen LogP contribution in [0.25, 0.3) is 11.1 Å². The van der Waals surface area contributed by atoms with Crippen LogP contribution in [0.4, 0.5) is 26.3 Å². The maximum atomic E-state index is 14.2. The third-order valence-corrected chi connectivity index (χ3v) is 8.43. The first-order valence-electron chi connectivity index (χ1n) is 13.9. The van der Waals surface area contributed by atoms with Crippen molar-refractivity contribution in [3.63, 3.8) is 0 Å². The normalized spacial score (nSPS) is 20.8. The van der Waals surface area contributed by atoms with E-state index in [0.717, 1.165) is 22.9 Å². The van der Waals surface area contributed by atoms with Gasteiger partial charge in [-0.2, -0.15) is 18.3 Å². The SMILES string of the molecule is C[C@H]1[C@H]2c3c(C(F)(F)F)nn(CC(=O)N[C@@H](Cc4cc(F)cc(F)c4)c4ncccc4-c4ccc(F)c(C(N)=O)c4)c3[C@@H](O)[C@@H]12. The number of primary amides is 1. The average Bonchev–Trinajstić information content (AvgIpc) is 3.30. The van der Waals surface area contributed by atoms with Crippen molar-refractivity contribution in [1.82, 2.24) is 20.1 Å². The van der Waals surface area contributed by atoms with E-state index in [9.17, 15) is 41.0 Å². The summed E-state index contributed by atoms with van der Waals surface area (Å²) in [5.74, 6) is -5.57. The molecule has 8 nitrogen and oxygen atoms in total. The second-order valence-corrected chi connectivity index (χ2v) is 11.3. The minimum atomic E-state index is -4.81. The fraction of sp³-hybridized carbons (Fsp3) is 0.290. The largest absolute Gasteiger partial charge is 0.435 e. The zero-order valence-electron chi connectivity index (χ0n) is 23.4. The summed E-state index contributed by atoms with van der Waals surface area (Å²) in [5.41, 5.74) is 4.43. The van der Waals surface area contributed by atoms with Crippen molar-refractivity contribution in [2.45, 2.75) is 44.1 Å². The van der Waals surface area contributed by atoms with E-state index in [1.54, 1.807) is 13.0 Å². The summed E-state index contributed by atoms with van der Waals surface area (Å²) < 4.78 is 85.0. The molecule has 5 atom stereocenters. The van der Waals surface area contributed by atoms with E-state index in [-0.39, 0.29) is 40.4 Å². The lowest BCUT2D eigenvalue weighted by molar-refractivity contribution is -0.142. The Kier molecular flexibility index (Phi) is 7.42. The van der Waals surface area contributed by atoms with Gasteiger partial charge in [-0.25, -0.2) is 13.2 Å². The highest BCUT2D eigenvalue weighted by atomic mass is 19.4. The maximum Gasteiger partial charge on any atom is 0.435 e. The number of nitrogens with one attached hydrogen (secondary N) is 1. The third-order valence-electron chi connectivity index (χ3n) is 8.43. The second kappa shape index (κ2) is 11.0. The van der Waals surface area contributed by atoms with Gasteiger partial charge in [0, 0.05) is 29.3 Å². The van der Waals surface area contributed by atoms with Crippen LogP contribution in [0, 0.1) is 29.3 Å². The van der Waals surface area contributed by atoms with Crippen molar-refractivity contribution in [1.29, 1.82) is 0 Å². The maximum absolute atomic E-state index is 14.2. The zero-order valence-corrected chi connectivity index (χ0v) is 23.4. The molecule has 45 heavy (non-hydrogen) atoms. The Labute approximate surface area is 251 Å². The van der Waals surface area contributed by atoms with Gasteiger partial charge in [0.2, 0.25) is 5.91 Å². The number of nitrogens with zero attached hydrogens (tertiary/aromatic N) is 3. The van der Waals surface area contributed by atoms with Gasteiger partial charge in [0.1, 0.15) is 24.0 Å². The molecule has 0 aliphatic heterocycles. The number of hydrogen-bond acceptors (Lipinski definition) is 5. The van der Waals surface area contributed by atoms with E-state index in [4.69, 9.17) is 5.73 Å². The molecule has 14 heteroatoms. The molecule has 0 saturated heterocycles. The third kappa shape index (κ3) is 5.54. The number of carbonyl (C=O) groups is 2. The van der Waals surface area contributed by atoms with Crippen LogP contribution in [0.1, 0.15) is 63.6 Å². The first-order chi connectivity index (χ1) is 21.2. The van der Waals surface area contributed by atoms with E-state index in [0.29, 0.717) is 11.6 Å². The molecule has 2 aromatic heterocycles. The summed E-state index contributed by atoms with van der Waals surface area (Å²) in [6, 6.07) is 8.30. The van der Waals surface area contributed by atoms with Gasteiger partial charge in [-0.3, -0.25) is 19.3 Å². The number of pyridine rings is 1. The Hall–Kier alpha value is -4.72. The quantitative estimate of drug-likeness (QED) is 0.238. The molecule has 234 valence electrons. The monoisotopic (exact) mass is 629 g/mol. The standard InChI is InChI=1S/C31H25F6N5O3/c1-13-23-24(13)28(44)27-25(23)29(31(35,36)37)41-42(27)12-22(43)40-21(9-14-7-16(32)11-17(33)8-14)26-18(3-2-6-39-26)15-4-5-20(34)19(10-15)30(38)45/h2-8,10-11,13,21,23-24,28,44H,9,12H2,1H3,(H2,38,45)(H,40,43)/t13-,21-,23+,24-,28-/m0/s1. The molecule has 6 rings (SSSR count). The van der Waals surface area contributed by atoms with Gasteiger partial charge >= 0.3 is 6.18 Å². The number of benzene rings is 2. The van der Waals surface area contributed by atoms with Crippen LogP contribution in [0.5, 0.6) is 0 Å². The number of rotatable bonds is 8. The fourth-order valence-electron chi connectivity index (χ4n) is 6.45. The number of alkyl halides is 3. The molecule has 4 aromatic rings. The molecule has 2 amide bonds. The van der Waals surface area contributed by atoms with Crippen molar-refractivity contribution < 1.29 is 41.0 Å². The summed E-state index contributed by atoms with van der Waals surface area (Å²) in [7, 11) is 0. The van der Waals surface area contributed by atoms with E-state index in [1.165, 1.54) is 24.4 Å². The molecule has 1 saturated carbocycles. The molecule has 1 fully saturated rings. The van der Waals surface area contributed by atoms with Gasteiger partial charge < -0.3 is 16.2 Å². The number of halogens is 6. The summed E-state index contributed by atoms with van der Waals surface area (Å²) >= 11 is 0. The number of nitrogens with two attached hydrogens (primary N) is 1. The van der Waals surface area contributed by atoms with Crippen molar-refractivity contribution in [2.75, 3.05) is 0 Å². The molecule has 2 aliphatic carbocycles. The Morgan fingerprint density at radius 1 is 1.09 bits per heavy atom. The topological polar surface area (TPSA) is 123 Å². The Morgan fingerprint density at radius 3 is 2.47 bits per heavy atom. The van der Waals surface area contributed by atoms with E-state index in [2.05, 4.69) is 15.4 Å². The summed E-state index contributed by atoms with van der Waals surface area (Å²) in [4.78, 5) is 29.6. The lowest BCUT2D eigenvalue weighted by atomic mass is 9.94. The van der Waals surface area contributed by atoms with Gasteiger partial charge in [-0.1, -0.05) is 19.1 Å². The molecule has 0 unspecified atom stereocenters. The number of carbonyl (C=O) groups excluding carboxylic acids is 2. The van der Waals surface area contributed by atoms with Crippen LogP contribution < -0.4 is 11.1 Å². The fourth-order valence-corrected chi connectivity index (χ4v) is 6.45. The lowest BCUT2D eigenvalue weighted by Crippen LogP contribution is -2.34. The summed E-state index contributed by atoms with van der Waals surface area (Å²) in [6.45, 7) is 1.03. The smallest absolute Gasteiger partial charge is 0.386 e. The second-order valence-electron chi connectivity index (χ2n) is 11.3. The van der Waals surface area contributed by atoms with E-state index in [1.807, 2.05) is 0 Å². The predicted octanol–water partition coefficient (Wildman–Crippen LogP) is 4.98. The number of hydrogen-bond donors (Lipinski definition) is 3. The highest BCUT2D eigenvalue weighted by Crippen LogP contribution is 2.67. The predicted molar refractivity (Wildman–Crippen MR) is 147 cm³/mol. The number of amides is 2. The summed E-state index contributed by atoms with van der Waals surface area (Å²) in [6.07, 6.45) is -4.89. The molecule has 2 aromatic carbocycles. The Morgan fingerprint density at radius 2 is 1.80 bits per heavy atom. The molecule has 0 spiro atoms. The minimum absolute atomic E-state index is 0.0712. The summed E-state index contributed by atoms with van der Waals surface area (Å²) in [5, 5.41) is 17.1. The molecule has 0 radical (unpaired) electrons. The van der Waals surface area contributed by atoms with Crippen LogP contribution in [-0.2, 0) is 23.9 Å². The molecule has 2 aliphatic rings. The van der Waals surface area contributed by atoms with Crippen molar-refractivity contribution in [2.24, 2.45) is 17.6 Å². The van der Waals surface area contributed by atoms with Crippen LogP contribution in [0.2, 0.25) is 0 Å². The number of aromatic nitrogens is 3. The molecule has 2 heterocycles. The minimum Gasteiger partial charge on any atom is -0.386 e. The number of aliphatic hydroxyl groups excluding tert-OH is 1. The van der Waals surface area contributed by atoms with Crippen molar-refractivity contribution in [3.05, 3.63) is 106 Å². The van der Waals surface area contributed by atoms with Crippen molar-refractivity contribution in [3.8, 4) is 11.1 Å². The van der Waals surface area contributed by atoms with Gasteiger partial charge in [0.15, 0.2) is 5.69 Å². The molecule has 4 N–H and O–H groups in total. The first kappa shape index (κ1) is 30.3. The van der Waals surface area contributed by atoms with Gasteiger partial charge in [0.05, 0.1) is 29.1 Å². The highest BCUT2D eigenvalue weighted by Gasteiger charge is 2.63. The van der Waals surface area contributed by atoms with Crippen LogP contribution >= 0.6 is 0 Å². The molecule has 0 bridgehead atoms. The van der Waals surface area contributed by atoms with Gasteiger partial charge in [-0.05, 0) is 59.7 Å². The molecular formula is C31H25F6N5O3. The number of fused-ring (bicyclic) bond motifs is 3. The first-order valence-corrected chi connectivity index (χ1v) is 13.9. The lowest BCUT2D eigenvalue weighted by Gasteiger charge is -2.22. The molecular weight excluding hydrogens is 604 g/mol. The van der Waals surface area contributed by atoms with Crippen LogP contribution in [0.3, 0.4) is 0 Å². The van der Waals surface area contributed by atoms with E-state index >= 15 is 0 Å². The number of aliphatic hydroxyl groups is 1. The average molecular weight is 630 g/mol. The van der Waals surface area contributed by atoms with E-state index < -0.39 is 77.2 Å². The zero-order chi connectivity index (χ0) is 32.4.